The summed E-state index contributed by atoms with van der Waals surface area (Å²) in [7, 11) is 0. The predicted octanol–water partition coefficient (Wildman–Crippen LogP) is 4.35. The van der Waals surface area contributed by atoms with Crippen molar-refractivity contribution in [3.63, 3.8) is 0 Å². The van der Waals surface area contributed by atoms with Crippen molar-refractivity contribution >= 4 is 12.0 Å². The molecule has 0 aromatic heterocycles. The summed E-state index contributed by atoms with van der Waals surface area (Å²) in [6.07, 6.45) is -0.133. The number of carbonyl (C=O) groups excluding carboxylic acids is 2. The highest BCUT2D eigenvalue weighted by atomic mass is 16.6. The molecule has 5 heteroatoms. The van der Waals surface area contributed by atoms with Gasteiger partial charge >= 0.3 is 6.09 Å². The van der Waals surface area contributed by atoms with Gasteiger partial charge in [0.1, 0.15) is 13.3 Å². The fourth-order valence-electron chi connectivity index (χ4n) is 3.34. The summed E-state index contributed by atoms with van der Waals surface area (Å²) in [5.74, 6) is 0.0449. The van der Waals surface area contributed by atoms with E-state index < -0.39 is 11.6 Å². The van der Waals surface area contributed by atoms with E-state index in [1.807, 2.05) is 81.4 Å². The lowest BCUT2D eigenvalue weighted by Gasteiger charge is -2.47. The quantitative estimate of drug-likeness (QED) is 0.808. The van der Waals surface area contributed by atoms with Gasteiger partial charge in [-0.05, 0) is 31.9 Å². The van der Waals surface area contributed by atoms with Crippen LogP contribution in [-0.2, 0) is 16.1 Å². The number of hydrogen-bond acceptors (Lipinski definition) is 3. The lowest BCUT2D eigenvalue weighted by Crippen LogP contribution is -2.60. The zero-order valence-corrected chi connectivity index (χ0v) is 16.1. The summed E-state index contributed by atoms with van der Waals surface area (Å²) >= 11 is 0. The van der Waals surface area contributed by atoms with Gasteiger partial charge in [0.05, 0.1) is 11.6 Å². The fourth-order valence-corrected chi connectivity index (χ4v) is 3.34. The molecule has 2 aromatic rings. The normalized spacial score (nSPS) is 17.5. The Morgan fingerprint density at radius 3 is 2.30 bits per heavy atom. The Kier molecular flexibility index (Phi) is 5.49. The molecule has 1 heterocycles. The first-order valence-corrected chi connectivity index (χ1v) is 9.21. The number of nitrogens with zero attached hydrogens (tertiary/aromatic N) is 2. The molecular weight excluding hydrogens is 340 g/mol. The van der Waals surface area contributed by atoms with E-state index in [1.54, 1.807) is 9.80 Å². The van der Waals surface area contributed by atoms with Crippen LogP contribution >= 0.6 is 0 Å². The van der Waals surface area contributed by atoms with Crippen molar-refractivity contribution in [2.24, 2.45) is 0 Å². The molecule has 0 saturated carbocycles. The molecule has 3 rings (SSSR count). The molecule has 1 aliphatic heterocycles. The van der Waals surface area contributed by atoms with Gasteiger partial charge in [-0.15, -0.1) is 0 Å². The number of carbonyl (C=O) groups is 2. The topological polar surface area (TPSA) is 49.9 Å². The Hall–Kier alpha value is -2.82. The lowest BCUT2D eigenvalue weighted by molar-refractivity contribution is -0.146. The van der Waals surface area contributed by atoms with Crippen molar-refractivity contribution in [1.82, 2.24) is 9.80 Å². The van der Waals surface area contributed by atoms with Crippen LogP contribution in [0.3, 0.4) is 0 Å². The molecular formula is C22H26N2O3. The van der Waals surface area contributed by atoms with E-state index in [0.29, 0.717) is 0 Å². The highest BCUT2D eigenvalue weighted by molar-refractivity contribution is 5.81. The van der Waals surface area contributed by atoms with Gasteiger partial charge in [-0.2, -0.15) is 0 Å². The van der Waals surface area contributed by atoms with Gasteiger partial charge in [0.15, 0.2) is 0 Å². The van der Waals surface area contributed by atoms with E-state index in [-0.39, 0.29) is 31.6 Å². The van der Waals surface area contributed by atoms with Crippen LogP contribution in [0, 0.1) is 0 Å². The Bertz CT molecular complexity index is 790. The molecule has 0 spiro atoms. The lowest BCUT2D eigenvalue weighted by atomic mass is 9.94. The van der Waals surface area contributed by atoms with Crippen LogP contribution in [0.2, 0.25) is 0 Å². The van der Waals surface area contributed by atoms with Crippen LogP contribution < -0.4 is 0 Å². The maximum Gasteiger partial charge on any atom is 0.411 e. The molecule has 0 aliphatic carbocycles. The maximum atomic E-state index is 12.8. The summed E-state index contributed by atoms with van der Waals surface area (Å²) in [6, 6.07) is 19.3. The molecule has 1 aliphatic rings. The second-order valence-corrected chi connectivity index (χ2v) is 7.55. The summed E-state index contributed by atoms with van der Waals surface area (Å²) in [5.41, 5.74) is 1.40. The first kappa shape index (κ1) is 19.0. The SMILES string of the molecule is C[C@@H](c1ccccc1)N1CN(C(=O)OCc2ccccc2)C(C)(C)CC1=O. The predicted molar refractivity (Wildman–Crippen MR) is 104 cm³/mol. The van der Waals surface area contributed by atoms with Crippen molar-refractivity contribution in [3.8, 4) is 0 Å². The summed E-state index contributed by atoms with van der Waals surface area (Å²) in [5, 5.41) is 0. The van der Waals surface area contributed by atoms with Gasteiger partial charge in [-0.25, -0.2) is 4.79 Å². The highest BCUT2D eigenvalue weighted by Gasteiger charge is 2.42. The Labute approximate surface area is 160 Å². The molecule has 1 saturated heterocycles. The third kappa shape index (κ3) is 4.30. The number of hydrogen-bond donors (Lipinski definition) is 0. The van der Waals surface area contributed by atoms with E-state index in [1.165, 1.54) is 0 Å². The molecule has 0 radical (unpaired) electrons. The summed E-state index contributed by atoms with van der Waals surface area (Å²) in [6.45, 7) is 6.22. The maximum absolute atomic E-state index is 12.8. The molecule has 2 amide bonds. The zero-order chi connectivity index (χ0) is 19.4. The van der Waals surface area contributed by atoms with Gasteiger partial charge in [-0.1, -0.05) is 60.7 Å². The third-order valence-electron chi connectivity index (χ3n) is 5.10. The first-order valence-electron chi connectivity index (χ1n) is 9.21. The number of benzene rings is 2. The van der Waals surface area contributed by atoms with Crippen LogP contribution in [0.1, 0.15) is 44.4 Å². The smallest absolute Gasteiger partial charge is 0.411 e. The van der Waals surface area contributed by atoms with Crippen LogP contribution in [-0.4, -0.2) is 34.0 Å². The largest absolute Gasteiger partial charge is 0.444 e. The third-order valence-corrected chi connectivity index (χ3v) is 5.10. The number of amides is 2. The second-order valence-electron chi connectivity index (χ2n) is 7.55. The molecule has 142 valence electrons. The van der Waals surface area contributed by atoms with E-state index >= 15 is 0 Å². The van der Waals surface area contributed by atoms with Crippen LogP contribution in [0.4, 0.5) is 4.79 Å². The molecule has 0 N–H and O–H groups in total. The Morgan fingerprint density at radius 1 is 1.07 bits per heavy atom. The Balaban J connectivity index is 1.73. The highest BCUT2D eigenvalue weighted by Crippen LogP contribution is 2.31. The van der Waals surface area contributed by atoms with E-state index in [0.717, 1.165) is 11.1 Å². The first-order chi connectivity index (χ1) is 12.9. The van der Waals surface area contributed by atoms with E-state index in [4.69, 9.17) is 4.74 Å². The minimum absolute atomic E-state index is 0.0449. The Morgan fingerprint density at radius 2 is 1.67 bits per heavy atom. The van der Waals surface area contributed by atoms with E-state index in [9.17, 15) is 9.59 Å². The van der Waals surface area contributed by atoms with Gasteiger partial charge in [0, 0.05) is 6.42 Å². The van der Waals surface area contributed by atoms with Crippen molar-refractivity contribution in [1.29, 1.82) is 0 Å². The van der Waals surface area contributed by atoms with Crippen molar-refractivity contribution in [3.05, 3.63) is 71.8 Å². The molecule has 1 fully saturated rings. The van der Waals surface area contributed by atoms with E-state index in [2.05, 4.69) is 0 Å². The van der Waals surface area contributed by atoms with Crippen LogP contribution in [0.25, 0.3) is 0 Å². The van der Waals surface area contributed by atoms with Crippen LogP contribution in [0.15, 0.2) is 60.7 Å². The van der Waals surface area contributed by atoms with Gasteiger partial charge in [0.2, 0.25) is 5.91 Å². The number of ether oxygens (including phenoxy) is 1. The standard InChI is InChI=1S/C22H26N2O3/c1-17(19-12-8-5-9-13-19)23-16-24(22(2,3)14-20(23)25)21(26)27-15-18-10-6-4-7-11-18/h4-13,17H,14-16H2,1-3H3/t17-/m0/s1. The van der Waals surface area contributed by atoms with Gasteiger partial charge < -0.3 is 9.64 Å². The minimum atomic E-state index is -0.586. The molecule has 5 nitrogen and oxygen atoms in total. The minimum Gasteiger partial charge on any atom is -0.444 e. The second kappa shape index (κ2) is 7.82. The van der Waals surface area contributed by atoms with Crippen LogP contribution in [0.5, 0.6) is 0 Å². The van der Waals surface area contributed by atoms with Crippen molar-refractivity contribution in [2.45, 2.75) is 45.4 Å². The number of rotatable bonds is 4. The molecule has 0 unspecified atom stereocenters. The monoisotopic (exact) mass is 366 g/mol. The molecule has 0 bridgehead atoms. The molecule has 1 atom stereocenters. The fraction of sp³-hybridized carbons (Fsp3) is 0.364. The van der Waals surface area contributed by atoms with Crippen molar-refractivity contribution in [2.75, 3.05) is 6.67 Å². The summed E-state index contributed by atoms with van der Waals surface area (Å²) in [4.78, 5) is 28.9. The summed E-state index contributed by atoms with van der Waals surface area (Å²) < 4.78 is 5.52. The average Bonchev–Trinajstić information content (AvgIpc) is 2.66. The van der Waals surface area contributed by atoms with Crippen molar-refractivity contribution < 1.29 is 14.3 Å². The molecule has 2 aromatic carbocycles. The molecule has 27 heavy (non-hydrogen) atoms. The van der Waals surface area contributed by atoms with Gasteiger partial charge in [0.25, 0.3) is 0 Å². The zero-order valence-electron chi connectivity index (χ0n) is 16.1. The van der Waals surface area contributed by atoms with Gasteiger partial charge in [-0.3, -0.25) is 9.69 Å². The average molecular weight is 366 g/mol.